The van der Waals surface area contributed by atoms with Crippen molar-refractivity contribution < 1.29 is 9.53 Å². The summed E-state index contributed by atoms with van der Waals surface area (Å²) in [6.45, 7) is 0.365. The SMILES string of the molecule is COc1cccc(-c2ccc(=O)n(CCCC(=O)Nc3ccc(N(C)C)cc3)n2)c1. The van der Waals surface area contributed by atoms with Gasteiger partial charge in [-0.2, -0.15) is 5.10 Å². The topological polar surface area (TPSA) is 76.5 Å². The smallest absolute Gasteiger partial charge is 0.266 e. The largest absolute Gasteiger partial charge is 0.497 e. The number of aryl methyl sites for hydroxylation is 1. The maximum absolute atomic E-state index is 12.2. The summed E-state index contributed by atoms with van der Waals surface area (Å²) in [5, 5.41) is 7.32. The highest BCUT2D eigenvalue weighted by Crippen LogP contribution is 2.21. The van der Waals surface area contributed by atoms with E-state index in [4.69, 9.17) is 4.74 Å². The normalized spacial score (nSPS) is 10.5. The Morgan fingerprint density at radius 3 is 2.57 bits per heavy atom. The Balaban J connectivity index is 1.58. The summed E-state index contributed by atoms with van der Waals surface area (Å²) in [6.07, 6.45) is 0.809. The Morgan fingerprint density at radius 1 is 1.10 bits per heavy atom. The highest BCUT2D eigenvalue weighted by Gasteiger charge is 2.07. The summed E-state index contributed by atoms with van der Waals surface area (Å²) < 4.78 is 6.64. The lowest BCUT2D eigenvalue weighted by Crippen LogP contribution is -2.23. The van der Waals surface area contributed by atoms with E-state index < -0.39 is 0 Å². The molecule has 156 valence electrons. The Morgan fingerprint density at radius 2 is 1.87 bits per heavy atom. The maximum Gasteiger partial charge on any atom is 0.266 e. The van der Waals surface area contributed by atoms with Gasteiger partial charge in [-0.05, 0) is 48.9 Å². The average molecular weight is 406 g/mol. The molecule has 1 N–H and O–H groups in total. The van der Waals surface area contributed by atoms with E-state index in [1.807, 2.05) is 67.5 Å². The van der Waals surface area contributed by atoms with Gasteiger partial charge in [-0.15, -0.1) is 0 Å². The number of aromatic nitrogens is 2. The van der Waals surface area contributed by atoms with Crippen LogP contribution >= 0.6 is 0 Å². The van der Waals surface area contributed by atoms with Gasteiger partial charge in [0, 0.05) is 50.1 Å². The number of amides is 1. The summed E-state index contributed by atoms with van der Waals surface area (Å²) in [5.41, 5.74) is 3.16. The molecule has 30 heavy (non-hydrogen) atoms. The monoisotopic (exact) mass is 406 g/mol. The van der Waals surface area contributed by atoms with Crippen LogP contribution in [0.15, 0.2) is 65.5 Å². The molecule has 0 aliphatic rings. The van der Waals surface area contributed by atoms with Crippen LogP contribution in [0.5, 0.6) is 5.75 Å². The molecule has 0 saturated heterocycles. The van der Waals surface area contributed by atoms with Crippen LogP contribution in [0.25, 0.3) is 11.3 Å². The summed E-state index contributed by atoms with van der Waals surface area (Å²) >= 11 is 0. The molecule has 0 fully saturated rings. The van der Waals surface area contributed by atoms with E-state index in [9.17, 15) is 9.59 Å². The second-order valence-corrected chi connectivity index (χ2v) is 7.10. The minimum Gasteiger partial charge on any atom is -0.497 e. The summed E-state index contributed by atoms with van der Waals surface area (Å²) in [7, 11) is 5.54. The zero-order valence-corrected chi connectivity index (χ0v) is 17.5. The molecule has 2 aromatic carbocycles. The number of ether oxygens (including phenoxy) is 1. The maximum atomic E-state index is 12.2. The van der Waals surface area contributed by atoms with E-state index in [2.05, 4.69) is 10.4 Å². The van der Waals surface area contributed by atoms with Crippen molar-refractivity contribution >= 4 is 17.3 Å². The molecule has 0 unspecified atom stereocenters. The van der Waals surface area contributed by atoms with Crippen LogP contribution in [0.3, 0.4) is 0 Å². The van der Waals surface area contributed by atoms with Gasteiger partial charge in [0.1, 0.15) is 5.75 Å². The Hall–Kier alpha value is -3.61. The molecule has 0 spiro atoms. The second kappa shape index (κ2) is 9.73. The fourth-order valence-electron chi connectivity index (χ4n) is 3.00. The highest BCUT2D eigenvalue weighted by molar-refractivity contribution is 5.90. The zero-order chi connectivity index (χ0) is 21.5. The summed E-state index contributed by atoms with van der Waals surface area (Å²) in [4.78, 5) is 26.4. The molecule has 7 nitrogen and oxygen atoms in total. The van der Waals surface area contributed by atoms with Crippen LogP contribution in [0.2, 0.25) is 0 Å². The lowest BCUT2D eigenvalue weighted by Gasteiger charge is -2.13. The molecule has 0 radical (unpaired) electrons. The number of carbonyl (C=O) groups is 1. The quantitative estimate of drug-likeness (QED) is 0.620. The van der Waals surface area contributed by atoms with E-state index in [1.54, 1.807) is 13.2 Å². The van der Waals surface area contributed by atoms with Gasteiger partial charge < -0.3 is 15.0 Å². The third-order valence-corrected chi connectivity index (χ3v) is 4.67. The van der Waals surface area contributed by atoms with Crippen molar-refractivity contribution in [2.75, 3.05) is 31.4 Å². The Labute approximate surface area is 175 Å². The van der Waals surface area contributed by atoms with Gasteiger partial charge in [0.05, 0.1) is 12.8 Å². The molecule has 0 bridgehead atoms. The first-order chi connectivity index (χ1) is 14.5. The predicted molar refractivity (Wildman–Crippen MR) is 119 cm³/mol. The van der Waals surface area contributed by atoms with Gasteiger partial charge in [-0.3, -0.25) is 9.59 Å². The molecule has 1 heterocycles. The van der Waals surface area contributed by atoms with E-state index >= 15 is 0 Å². The third-order valence-electron chi connectivity index (χ3n) is 4.67. The van der Waals surface area contributed by atoms with E-state index in [1.165, 1.54) is 10.7 Å². The first-order valence-corrected chi connectivity index (χ1v) is 9.76. The summed E-state index contributed by atoms with van der Waals surface area (Å²) in [6, 6.07) is 18.3. The van der Waals surface area contributed by atoms with Gasteiger partial charge in [0.2, 0.25) is 5.91 Å². The van der Waals surface area contributed by atoms with Gasteiger partial charge in [-0.25, -0.2) is 4.68 Å². The highest BCUT2D eigenvalue weighted by atomic mass is 16.5. The van der Waals surface area contributed by atoms with Gasteiger partial charge in [-0.1, -0.05) is 12.1 Å². The van der Waals surface area contributed by atoms with Crippen molar-refractivity contribution in [1.82, 2.24) is 9.78 Å². The Kier molecular flexibility index (Phi) is 6.85. The Bertz CT molecular complexity index is 1060. The number of hydrogen-bond donors (Lipinski definition) is 1. The number of nitrogens with one attached hydrogen (secondary N) is 1. The molecule has 7 heteroatoms. The second-order valence-electron chi connectivity index (χ2n) is 7.10. The number of rotatable bonds is 8. The average Bonchev–Trinajstić information content (AvgIpc) is 2.75. The molecule has 3 aromatic rings. The minimum absolute atomic E-state index is 0.0930. The van der Waals surface area contributed by atoms with E-state index in [-0.39, 0.29) is 11.5 Å². The first-order valence-electron chi connectivity index (χ1n) is 9.76. The molecular weight excluding hydrogens is 380 g/mol. The van der Waals surface area contributed by atoms with Gasteiger partial charge in [0.15, 0.2) is 0 Å². The lowest BCUT2D eigenvalue weighted by molar-refractivity contribution is -0.116. The predicted octanol–water partition coefficient (Wildman–Crippen LogP) is 3.40. The lowest BCUT2D eigenvalue weighted by atomic mass is 10.1. The van der Waals surface area contributed by atoms with Crippen LogP contribution in [-0.2, 0) is 11.3 Å². The van der Waals surface area contributed by atoms with Crippen LogP contribution in [0.1, 0.15) is 12.8 Å². The third kappa shape index (κ3) is 5.47. The standard InChI is InChI=1S/C23H26N4O3/c1-26(2)19-11-9-18(10-12-19)24-22(28)8-5-15-27-23(29)14-13-21(25-27)17-6-4-7-20(16-17)30-3/h4,6-7,9-14,16H,5,8,15H2,1-3H3,(H,24,28). The molecular formula is C23H26N4O3. The van der Waals surface area contributed by atoms with Crippen molar-refractivity contribution in [2.24, 2.45) is 0 Å². The number of methoxy groups -OCH3 is 1. The molecule has 0 atom stereocenters. The van der Waals surface area contributed by atoms with Crippen LogP contribution in [0, 0.1) is 0 Å². The minimum atomic E-state index is -0.193. The number of benzene rings is 2. The van der Waals surface area contributed by atoms with Crippen molar-refractivity contribution in [2.45, 2.75) is 19.4 Å². The fraction of sp³-hybridized carbons (Fsp3) is 0.261. The number of anilines is 2. The van der Waals surface area contributed by atoms with Gasteiger partial charge in [0.25, 0.3) is 5.56 Å². The van der Waals surface area contributed by atoms with Crippen LogP contribution < -0.4 is 20.5 Å². The van der Waals surface area contributed by atoms with Crippen molar-refractivity contribution in [1.29, 1.82) is 0 Å². The van der Waals surface area contributed by atoms with Crippen molar-refractivity contribution in [3.05, 3.63) is 71.0 Å². The zero-order valence-electron chi connectivity index (χ0n) is 17.5. The fourth-order valence-corrected chi connectivity index (χ4v) is 3.00. The number of hydrogen-bond acceptors (Lipinski definition) is 5. The molecule has 1 amide bonds. The van der Waals surface area contributed by atoms with E-state index in [0.29, 0.717) is 25.1 Å². The molecule has 0 aliphatic heterocycles. The van der Waals surface area contributed by atoms with Crippen LogP contribution in [-0.4, -0.2) is 36.9 Å². The summed E-state index contributed by atoms with van der Waals surface area (Å²) in [5.74, 6) is 0.631. The first kappa shape index (κ1) is 21.1. The van der Waals surface area contributed by atoms with Gasteiger partial charge >= 0.3 is 0 Å². The van der Waals surface area contributed by atoms with E-state index in [0.717, 1.165) is 22.7 Å². The molecule has 3 rings (SSSR count). The molecule has 0 aliphatic carbocycles. The van der Waals surface area contributed by atoms with Crippen LogP contribution in [0.4, 0.5) is 11.4 Å². The van der Waals surface area contributed by atoms with Crippen molar-refractivity contribution in [3.63, 3.8) is 0 Å². The number of carbonyl (C=O) groups excluding carboxylic acids is 1. The molecule has 0 saturated carbocycles. The van der Waals surface area contributed by atoms with Crippen molar-refractivity contribution in [3.8, 4) is 17.0 Å². The number of nitrogens with zero attached hydrogens (tertiary/aromatic N) is 3. The molecule has 1 aromatic heterocycles.